The van der Waals surface area contributed by atoms with E-state index in [9.17, 15) is 13.2 Å². The molecule has 0 aliphatic carbocycles. The Morgan fingerprint density at radius 1 is 1.02 bits per heavy atom. The van der Waals surface area contributed by atoms with E-state index in [0.717, 1.165) is 22.7 Å². The summed E-state index contributed by atoms with van der Waals surface area (Å²) in [6, 6.07) is 20.2. The number of benzene rings is 2. The molecule has 1 amide bonds. The van der Waals surface area contributed by atoms with Crippen LogP contribution in [0.4, 0.5) is 5.82 Å². The number of nitrogens with two attached hydrogens (primary N) is 1. The van der Waals surface area contributed by atoms with E-state index in [-0.39, 0.29) is 16.9 Å². The second-order valence-corrected chi connectivity index (χ2v) is 12.6. The molecule has 42 heavy (non-hydrogen) atoms. The van der Waals surface area contributed by atoms with Crippen LogP contribution in [-0.4, -0.2) is 70.4 Å². The van der Waals surface area contributed by atoms with Crippen LogP contribution in [0.25, 0.3) is 10.2 Å². The number of sulfonamides is 1. The van der Waals surface area contributed by atoms with Crippen LogP contribution in [0.2, 0.25) is 0 Å². The van der Waals surface area contributed by atoms with Crippen molar-refractivity contribution in [2.75, 3.05) is 31.1 Å². The first-order valence-electron chi connectivity index (χ1n) is 13.3. The molecule has 0 saturated carbocycles. The van der Waals surface area contributed by atoms with E-state index >= 15 is 0 Å². The van der Waals surface area contributed by atoms with Gasteiger partial charge in [-0.05, 0) is 35.9 Å². The fraction of sp³-hybridized carbons (Fsp3) is 0.250. The Bertz CT molecular complexity index is 1790. The minimum atomic E-state index is -3.88. The molecule has 2 aromatic carbocycles. The van der Waals surface area contributed by atoms with Crippen LogP contribution in [0.15, 0.2) is 83.5 Å². The largest absolute Gasteiger partial charge is 0.487 e. The third-order valence-corrected chi connectivity index (χ3v) is 9.31. The highest BCUT2D eigenvalue weighted by molar-refractivity contribution is 7.91. The summed E-state index contributed by atoms with van der Waals surface area (Å²) in [5.41, 5.74) is 2.09. The first-order valence-corrected chi connectivity index (χ1v) is 15.7. The molecule has 0 spiro atoms. The van der Waals surface area contributed by atoms with E-state index in [1.165, 1.54) is 0 Å². The molecule has 1 unspecified atom stereocenters. The van der Waals surface area contributed by atoms with Gasteiger partial charge in [0, 0.05) is 38.8 Å². The van der Waals surface area contributed by atoms with Gasteiger partial charge in [0.2, 0.25) is 10.2 Å². The van der Waals surface area contributed by atoms with E-state index in [2.05, 4.69) is 25.2 Å². The number of piperazine rings is 1. The molecule has 6 rings (SSSR count). The lowest BCUT2D eigenvalue weighted by molar-refractivity contribution is -0.135. The lowest BCUT2D eigenvalue weighted by Crippen LogP contribution is -2.51. The molecule has 1 atom stereocenters. The molecule has 1 aliphatic rings. The Hall–Kier alpha value is -4.40. The number of carbonyl (C=O) groups is 1. The highest BCUT2D eigenvalue weighted by atomic mass is 32.2. The summed E-state index contributed by atoms with van der Waals surface area (Å²) in [5, 5.41) is 13.8. The minimum Gasteiger partial charge on any atom is -0.487 e. The topological polar surface area (TPSA) is 149 Å². The molecule has 216 valence electrons. The van der Waals surface area contributed by atoms with E-state index in [4.69, 9.17) is 9.88 Å². The van der Waals surface area contributed by atoms with Crippen LogP contribution in [0.5, 0.6) is 5.75 Å². The zero-order valence-electron chi connectivity index (χ0n) is 22.5. The van der Waals surface area contributed by atoms with Crippen LogP contribution < -0.4 is 14.8 Å². The first kappa shape index (κ1) is 27.8. The number of hydrogen-bond acceptors (Lipinski definition) is 10. The van der Waals surface area contributed by atoms with Crippen LogP contribution in [-0.2, 0) is 27.8 Å². The van der Waals surface area contributed by atoms with Gasteiger partial charge in [-0.2, -0.15) is 0 Å². The minimum absolute atomic E-state index is 0.0156. The number of fused-ring (bicyclic) bond motifs is 1. The van der Waals surface area contributed by atoms with Crippen molar-refractivity contribution in [3.05, 3.63) is 90.4 Å². The molecular formula is C28H28N8O4S2. The van der Waals surface area contributed by atoms with Gasteiger partial charge in [0.1, 0.15) is 29.9 Å². The number of nitrogens with zero attached hydrogens (tertiary/aromatic N) is 7. The summed E-state index contributed by atoms with van der Waals surface area (Å²) in [5.74, 6) is 1.41. The van der Waals surface area contributed by atoms with Crippen molar-refractivity contribution in [1.29, 1.82) is 0 Å². The van der Waals surface area contributed by atoms with Crippen molar-refractivity contribution in [3.8, 4) is 5.75 Å². The van der Waals surface area contributed by atoms with Crippen molar-refractivity contribution in [3.63, 3.8) is 0 Å². The quantitative estimate of drug-likeness (QED) is 0.268. The fourth-order valence-electron chi connectivity index (χ4n) is 4.82. The van der Waals surface area contributed by atoms with Gasteiger partial charge in [0.15, 0.2) is 0 Å². The van der Waals surface area contributed by atoms with Gasteiger partial charge in [-0.25, -0.2) is 28.2 Å². The number of rotatable bonds is 9. The fourth-order valence-corrected chi connectivity index (χ4v) is 6.51. The zero-order valence-corrected chi connectivity index (χ0v) is 24.1. The molecule has 0 radical (unpaired) electrons. The number of thiazole rings is 1. The predicted octanol–water partition coefficient (Wildman–Crippen LogP) is 2.64. The van der Waals surface area contributed by atoms with Crippen molar-refractivity contribution in [2.45, 2.75) is 23.4 Å². The van der Waals surface area contributed by atoms with Gasteiger partial charge in [0.25, 0.3) is 10.0 Å². The number of anilines is 1. The third kappa shape index (κ3) is 6.25. The number of carbonyl (C=O) groups excluding carboxylic acids is 1. The second kappa shape index (κ2) is 11.8. The molecule has 3 aromatic heterocycles. The van der Waals surface area contributed by atoms with E-state index in [1.807, 2.05) is 53.4 Å². The van der Waals surface area contributed by atoms with Crippen LogP contribution in [0, 0.1) is 0 Å². The van der Waals surface area contributed by atoms with Crippen molar-refractivity contribution in [1.82, 2.24) is 29.9 Å². The number of aromatic nitrogens is 5. The van der Waals surface area contributed by atoms with Gasteiger partial charge in [-0.1, -0.05) is 41.6 Å². The monoisotopic (exact) mass is 604 g/mol. The molecule has 12 nitrogen and oxygen atoms in total. The first-order chi connectivity index (χ1) is 20.3. The number of primary sulfonamides is 1. The molecular weight excluding hydrogens is 576 g/mol. The maximum Gasteiger partial charge on any atom is 0.265 e. The maximum absolute atomic E-state index is 13.8. The molecule has 1 fully saturated rings. The third-order valence-electron chi connectivity index (χ3n) is 6.97. The summed E-state index contributed by atoms with van der Waals surface area (Å²) in [4.78, 5) is 26.4. The summed E-state index contributed by atoms with van der Waals surface area (Å²) < 4.78 is 31.3. The van der Waals surface area contributed by atoms with Crippen LogP contribution in [0.3, 0.4) is 0 Å². The number of pyridine rings is 1. The SMILES string of the molecule is NS(=O)(=O)c1nc2ccc(OCc3cn(C(Cc4ccccc4)C(=O)N4CCN(c5ccccn5)CC4)nn3)cc2s1. The Morgan fingerprint density at radius 2 is 1.81 bits per heavy atom. The molecule has 5 aromatic rings. The van der Waals surface area contributed by atoms with Gasteiger partial charge in [-0.3, -0.25) is 4.79 Å². The lowest BCUT2D eigenvalue weighted by atomic mass is 10.0. The Morgan fingerprint density at radius 3 is 2.55 bits per heavy atom. The summed E-state index contributed by atoms with van der Waals surface area (Å²) in [6.07, 6.45) is 3.98. The van der Waals surface area contributed by atoms with Gasteiger partial charge in [-0.15, -0.1) is 16.4 Å². The van der Waals surface area contributed by atoms with Crippen LogP contribution in [0.1, 0.15) is 17.3 Å². The average molecular weight is 605 g/mol. The van der Waals surface area contributed by atoms with Gasteiger partial charge in [0.05, 0.1) is 16.4 Å². The Kier molecular flexibility index (Phi) is 7.82. The summed E-state index contributed by atoms with van der Waals surface area (Å²) in [6.45, 7) is 2.67. The van der Waals surface area contributed by atoms with Crippen molar-refractivity contribution >= 4 is 43.3 Å². The summed E-state index contributed by atoms with van der Waals surface area (Å²) in [7, 11) is -3.88. The van der Waals surface area contributed by atoms with Gasteiger partial charge < -0.3 is 14.5 Å². The van der Waals surface area contributed by atoms with E-state index < -0.39 is 16.1 Å². The average Bonchev–Trinajstić information content (AvgIpc) is 3.67. The molecule has 2 N–H and O–H groups in total. The smallest absolute Gasteiger partial charge is 0.265 e. The highest BCUT2D eigenvalue weighted by Crippen LogP contribution is 2.28. The van der Waals surface area contributed by atoms with Crippen LogP contribution >= 0.6 is 11.3 Å². The number of ether oxygens (including phenoxy) is 1. The Balaban J connectivity index is 1.16. The second-order valence-electron chi connectivity index (χ2n) is 9.84. The number of hydrogen-bond donors (Lipinski definition) is 1. The summed E-state index contributed by atoms with van der Waals surface area (Å²) >= 11 is 0.980. The normalized spacial score (nSPS) is 14.7. The maximum atomic E-state index is 13.8. The predicted molar refractivity (Wildman–Crippen MR) is 158 cm³/mol. The van der Waals surface area contributed by atoms with E-state index in [0.29, 0.717) is 54.3 Å². The molecule has 4 heterocycles. The van der Waals surface area contributed by atoms with E-state index in [1.54, 1.807) is 35.3 Å². The van der Waals surface area contributed by atoms with Crippen molar-refractivity contribution in [2.24, 2.45) is 5.14 Å². The lowest BCUT2D eigenvalue weighted by Gasteiger charge is -2.37. The highest BCUT2D eigenvalue weighted by Gasteiger charge is 2.30. The molecule has 0 bridgehead atoms. The van der Waals surface area contributed by atoms with Crippen molar-refractivity contribution < 1.29 is 17.9 Å². The molecule has 14 heteroatoms. The number of amides is 1. The zero-order chi connectivity index (χ0) is 29.1. The van der Waals surface area contributed by atoms with Gasteiger partial charge >= 0.3 is 0 Å². The standard InChI is InChI=1S/C28H28N8O4S2/c29-42(38,39)28-31-23-10-9-22(17-25(23)41-28)40-19-21-18-36(33-32-21)24(16-20-6-2-1-3-7-20)27(37)35-14-12-34(13-15-35)26-8-4-5-11-30-26/h1-11,17-18,24H,12-16,19H2,(H2,29,38,39). The molecule has 1 aliphatic heterocycles. The molecule has 1 saturated heterocycles. The Labute approximate surface area is 246 Å².